The lowest BCUT2D eigenvalue weighted by atomic mass is 10.1. The Morgan fingerprint density at radius 1 is 1.25 bits per heavy atom. The molecule has 0 unspecified atom stereocenters. The maximum atomic E-state index is 5.67. The predicted molar refractivity (Wildman–Crippen MR) is 75.0 cm³/mol. The van der Waals surface area contributed by atoms with Gasteiger partial charge in [-0.1, -0.05) is 24.3 Å². The number of hydrogen-bond donors (Lipinski definition) is 1. The number of aromatic nitrogens is 5. The highest BCUT2D eigenvalue weighted by atomic mass is 15.5. The van der Waals surface area contributed by atoms with Gasteiger partial charge in [-0.15, -0.1) is 5.10 Å². The molecule has 0 aliphatic heterocycles. The minimum Gasteiger partial charge on any atom is -0.354 e. The Morgan fingerprint density at radius 3 is 2.95 bits per heavy atom. The standard InChI is InChI=1S/C13H15N7/c1-19(9-11-4-2-3-10(5-11)6-14)13-8-15-7-12-16-17-18-20(12)13/h2-5,7-8H,6,9,14H2,1H3. The smallest absolute Gasteiger partial charge is 0.199 e. The van der Waals surface area contributed by atoms with Gasteiger partial charge in [-0.3, -0.25) is 4.98 Å². The fraction of sp³-hybridized carbons (Fsp3) is 0.231. The van der Waals surface area contributed by atoms with Crippen LogP contribution >= 0.6 is 0 Å². The summed E-state index contributed by atoms with van der Waals surface area (Å²) in [6.45, 7) is 1.27. The second-order valence-corrected chi connectivity index (χ2v) is 4.59. The Labute approximate surface area is 116 Å². The molecule has 1 aromatic carbocycles. The van der Waals surface area contributed by atoms with E-state index in [0.717, 1.165) is 17.9 Å². The summed E-state index contributed by atoms with van der Waals surface area (Å²) in [5.41, 5.74) is 8.60. The summed E-state index contributed by atoms with van der Waals surface area (Å²) in [5.74, 6) is 0.839. The lowest BCUT2D eigenvalue weighted by Gasteiger charge is -2.19. The molecular formula is C13H15N7. The molecule has 20 heavy (non-hydrogen) atoms. The van der Waals surface area contributed by atoms with Gasteiger partial charge in [-0.05, 0) is 21.6 Å². The Bertz CT molecular complexity index is 721. The number of nitrogens with two attached hydrogens (primary N) is 1. The third-order valence-corrected chi connectivity index (χ3v) is 3.13. The summed E-state index contributed by atoms with van der Waals surface area (Å²) < 4.78 is 1.67. The number of nitrogens with zero attached hydrogens (tertiary/aromatic N) is 6. The van der Waals surface area contributed by atoms with Crippen molar-refractivity contribution in [1.82, 2.24) is 25.0 Å². The van der Waals surface area contributed by atoms with Crippen LogP contribution in [0.4, 0.5) is 5.82 Å². The van der Waals surface area contributed by atoms with Gasteiger partial charge in [0.25, 0.3) is 0 Å². The van der Waals surface area contributed by atoms with Crippen LogP contribution in [0.1, 0.15) is 11.1 Å². The first-order valence-corrected chi connectivity index (χ1v) is 6.29. The van der Waals surface area contributed by atoms with Crippen LogP contribution < -0.4 is 10.6 Å². The van der Waals surface area contributed by atoms with Crippen molar-refractivity contribution >= 4 is 11.5 Å². The van der Waals surface area contributed by atoms with Crippen molar-refractivity contribution in [3.8, 4) is 0 Å². The minimum absolute atomic E-state index is 0.543. The van der Waals surface area contributed by atoms with Crippen molar-refractivity contribution in [3.63, 3.8) is 0 Å². The van der Waals surface area contributed by atoms with Crippen molar-refractivity contribution in [1.29, 1.82) is 0 Å². The van der Waals surface area contributed by atoms with Gasteiger partial charge in [-0.25, -0.2) is 0 Å². The Kier molecular flexibility index (Phi) is 3.26. The van der Waals surface area contributed by atoms with Crippen LogP contribution in [0.3, 0.4) is 0 Å². The van der Waals surface area contributed by atoms with Gasteiger partial charge in [0.15, 0.2) is 11.5 Å². The van der Waals surface area contributed by atoms with E-state index in [4.69, 9.17) is 5.73 Å². The number of rotatable bonds is 4. The summed E-state index contributed by atoms with van der Waals surface area (Å²) in [4.78, 5) is 6.20. The molecule has 102 valence electrons. The van der Waals surface area contributed by atoms with E-state index in [2.05, 4.69) is 32.6 Å². The predicted octanol–water partition coefficient (Wildman–Crippen LogP) is 0.614. The lowest BCUT2D eigenvalue weighted by Crippen LogP contribution is -2.20. The van der Waals surface area contributed by atoms with Crippen LogP contribution in [-0.4, -0.2) is 32.1 Å². The van der Waals surface area contributed by atoms with Crippen LogP contribution in [0.25, 0.3) is 5.65 Å². The molecule has 7 heteroatoms. The van der Waals surface area contributed by atoms with Crippen molar-refractivity contribution in [2.45, 2.75) is 13.1 Å². The van der Waals surface area contributed by atoms with Crippen LogP contribution in [0.15, 0.2) is 36.7 Å². The number of hydrogen-bond acceptors (Lipinski definition) is 6. The molecule has 2 aromatic heterocycles. The van der Waals surface area contributed by atoms with Crippen molar-refractivity contribution < 1.29 is 0 Å². The molecule has 3 rings (SSSR count). The van der Waals surface area contributed by atoms with E-state index in [0.29, 0.717) is 12.2 Å². The van der Waals surface area contributed by atoms with E-state index in [-0.39, 0.29) is 0 Å². The van der Waals surface area contributed by atoms with Gasteiger partial charge in [0.05, 0.1) is 12.4 Å². The summed E-state index contributed by atoms with van der Waals surface area (Å²) in [6, 6.07) is 8.21. The summed E-state index contributed by atoms with van der Waals surface area (Å²) >= 11 is 0. The lowest BCUT2D eigenvalue weighted by molar-refractivity contribution is 0.782. The summed E-state index contributed by atoms with van der Waals surface area (Å²) in [6.07, 6.45) is 3.38. The first-order valence-electron chi connectivity index (χ1n) is 6.29. The molecule has 0 saturated carbocycles. The Balaban J connectivity index is 1.88. The molecule has 7 nitrogen and oxygen atoms in total. The van der Waals surface area contributed by atoms with Crippen LogP contribution in [0.5, 0.6) is 0 Å². The van der Waals surface area contributed by atoms with Crippen LogP contribution in [-0.2, 0) is 13.1 Å². The van der Waals surface area contributed by atoms with E-state index in [1.54, 1.807) is 16.9 Å². The molecule has 0 saturated heterocycles. The van der Waals surface area contributed by atoms with Gasteiger partial charge in [-0.2, -0.15) is 4.52 Å². The molecule has 0 spiro atoms. The molecule has 2 N–H and O–H groups in total. The topological polar surface area (TPSA) is 85.2 Å². The SMILES string of the molecule is CN(Cc1cccc(CN)c1)c1cncc2nnnn12. The van der Waals surface area contributed by atoms with Crippen LogP contribution in [0.2, 0.25) is 0 Å². The summed E-state index contributed by atoms with van der Waals surface area (Å²) in [5, 5.41) is 11.5. The second kappa shape index (κ2) is 5.22. The molecule has 0 fully saturated rings. The molecule has 0 radical (unpaired) electrons. The van der Waals surface area contributed by atoms with Crippen molar-refractivity contribution in [2.24, 2.45) is 5.73 Å². The highest BCUT2D eigenvalue weighted by Gasteiger charge is 2.09. The quantitative estimate of drug-likeness (QED) is 0.747. The largest absolute Gasteiger partial charge is 0.354 e. The minimum atomic E-state index is 0.543. The zero-order valence-electron chi connectivity index (χ0n) is 11.1. The Hall–Kier alpha value is -2.54. The van der Waals surface area contributed by atoms with E-state index < -0.39 is 0 Å². The molecule has 3 aromatic rings. The molecule has 0 amide bonds. The summed E-state index contributed by atoms with van der Waals surface area (Å²) in [7, 11) is 1.98. The van der Waals surface area contributed by atoms with E-state index in [1.165, 1.54) is 5.56 Å². The molecule has 0 aliphatic rings. The number of fused-ring (bicyclic) bond motifs is 1. The Morgan fingerprint density at radius 2 is 2.10 bits per heavy atom. The first-order chi connectivity index (χ1) is 9.78. The fourth-order valence-electron chi connectivity index (χ4n) is 2.13. The highest BCUT2D eigenvalue weighted by molar-refractivity contribution is 5.46. The molecular weight excluding hydrogens is 254 g/mol. The maximum absolute atomic E-state index is 5.67. The first kappa shape index (κ1) is 12.5. The fourth-order valence-corrected chi connectivity index (χ4v) is 2.13. The van der Waals surface area contributed by atoms with E-state index >= 15 is 0 Å². The average Bonchev–Trinajstić information content (AvgIpc) is 2.95. The zero-order valence-corrected chi connectivity index (χ0v) is 11.1. The van der Waals surface area contributed by atoms with Crippen molar-refractivity contribution in [2.75, 3.05) is 11.9 Å². The number of anilines is 1. The normalized spacial score (nSPS) is 10.9. The third kappa shape index (κ3) is 2.30. The van der Waals surface area contributed by atoms with Crippen LogP contribution in [0, 0.1) is 0 Å². The second-order valence-electron chi connectivity index (χ2n) is 4.59. The van der Waals surface area contributed by atoms with Gasteiger partial charge in [0.2, 0.25) is 0 Å². The third-order valence-electron chi connectivity index (χ3n) is 3.13. The number of benzene rings is 1. The molecule has 0 aliphatic carbocycles. The zero-order chi connectivity index (χ0) is 13.9. The van der Waals surface area contributed by atoms with Crippen molar-refractivity contribution in [3.05, 3.63) is 47.8 Å². The van der Waals surface area contributed by atoms with E-state index in [9.17, 15) is 0 Å². The number of tetrazole rings is 1. The molecule has 2 heterocycles. The average molecular weight is 269 g/mol. The van der Waals surface area contributed by atoms with Gasteiger partial charge < -0.3 is 10.6 Å². The highest BCUT2D eigenvalue weighted by Crippen LogP contribution is 2.15. The molecule has 0 atom stereocenters. The van der Waals surface area contributed by atoms with E-state index in [1.807, 2.05) is 24.1 Å². The van der Waals surface area contributed by atoms with Gasteiger partial charge in [0, 0.05) is 20.1 Å². The van der Waals surface area contributed by atoms with Gasteiger partial charge >= 0.3 is 0 Å². The molecule has 0 bridgehead atoms. The maximum Gasteiger partial charge on any atom is 0.199 e. The van der Waals surface area contributed by atoms with Gasteiger partial charge in [0.1, 0.15) is 0 Å². The monoisotopic (exact) mass is 269 g/mol.